The number of hydrazone groups is 1. The average Bonchev–Trinajstić information content (AvgIpc) is 3.50. The van der Waals surface area contributed by atoms with Crippen molar-refractivity contribution in [3.8, 4) is 11.5 Å². The van der Waals surface area contributed by atoms with Crippen molar-refractivity contribution in [1.82, 2.24) is 15.0 Å². The molecule has 0 bridgehead atoms. The Balaban J connectivity index is 1.37. The highest BCUT2D eigenvalue weighted by Gasteiger charge is 2.22. The lowest BCUT2D eigenvalue weighted by atomic mass is 10.2. The number of anilines is 4. The molecule has 14 nitrogen and oxygen atoms in total. The van der Waals surface area contributed by atoms with Gasteiger partial charge >= 0.3 is 5.69 Å². The highest BCUT2D eigenvalue weighted by atomic mass is 16.6. The summed E-state index contributed by atoms with van der Waals surface area (Å²) in [6.07, 6.45) is 3.56. The van der Waals surface area contributed by atoms with Crippen LogP contribution in [-0.4, -0.2) is 44.1 Å². The Hall–Kier alpha value is -5.66. The van der Waals surface area contributed by atoms with Crippen LogP contribution in [0.5, 0.6) is 11.5 Å². The first-order valence-corrected chi connectivity index (χ1v) is 12.3. The van der Waals surface area contributed by atoms with E-state index in [9.17, 15) is 20.2 Å². The number of para-hydroxylation sites is 2. The minimum atomic E-state index is -0.736. The van der Waals surface area contributed by atoms with Crippen LogP contribution in [0.15, 0.2) is 77.9 Å². The molecule has 2 N–H and O–H groups in total. The van der Waals surface area contributed by atoms with Crippen molar-refractivity contribution in [1.29, 1.82) is 0 Å². The number of nitrogens with one attached hydrogen (secondary N) is 2. The topological polar surface area (TPSA) is 174 Å². The third-order valence-corrected chi connectivity index (χ3v) is 5.90. The Morgan fingerprint density at radius 1 is 0.850 bits per heavy atom. The zero-order valence-electron chi connectivity index (χ0n) is 21.0. The van der Waals surface area contributed by atoms with Gasteiger partial charge in [-0.1, -0.05) is 30.3 Å². The van der Waals surface area contributed by atoms with Gasteiger partial charge in [-0.05, 0) is 43.2 Å². The number of benzene rings is 3. The fraction of sp³-hybridized carbons (Fsp3) is 0.154. The van der Waals surface area contributed by atoms with Gasteiger partial charge in [0.05, 0.1) is 22.1 Å². The standard InChI is InChI=1S/C26H23N9O5/c36-34(37)20-12-13-23(21(16-20)35(38)39)40-22-11-5-4-8-18(22)17-27-32-25-29-24(28-19-9-2-1-3-10-19)30-26(31-25)33-14-6-7-15-33/h1-5,8-13,16-17H,6-7,14-15H2,(H2,28,29,30,31,32)/b27-17-. The van der Waals surface area contributed by atoms with Crippen LogP contribution in [0.2, 0.25) is 0 Å². The third-order valence-electron chi connectivity index (χ3n) is 5.90. The monoisotopic (exact) mass is 541 g/mol. The molecular weight excluding hydrogens is 518 g/mol. The molecule has 5 rings (SSSR count). The second kappa shape index (κ2) is 11.8. The second-order valence-corrected chi connectivity index (χ2v) is 8.64. The number of nitro groups is 2. The van der Waals surface area contributed by atoms with Crippen LogP contribution in [-0.2, 0) is 0 Å². The molecule has 1 fully saturated rings. The van der Waals surface area contributed by atoms with Gasteiger partial charge in [0.2, 0.25) is 23.6 Å². The number of hydrogen-bond acceptors (Lipinski definition) is 12. The van der Waals surface area contributed by atoms with Crippen LogP contribution in [0.1, 0.15) is 18.4 Å². The fourth-order valence-electron chi connectivity index (χ4n) is 3.99. The summed E-state index contributed by atoms with van der Waals surface area (Å²) in [5.74, 6) is 1.21. The van der Waals surface area contributed by atoms with Crippen LogP contribution >= 0.6 is 0 Å². The second-order valence-electron chi connectivity index (χ2n) is 8.64. The zero-order valence-corrected chi connectivity index (χ0v) is 21.0. The molecule has 1 saturated heterocycles. The minimum Gasteiger partial charge on any atom is -0.449 e. The quantitative estimate of drug-likeness (QED) is 0.152. The minimum absolute atomic E-state index is 0.145. The van der Waals surface area contributed by atoms with Crippen LogP contribution in [0.25, 0.3) is 0 Å². The third kappa shape index (κ3) is 6.24. The van der Waals surface area contributed by atoms with Crippen molar-refractivity contribution in [2.75, 3.05) is 28.7 Å². The SMILES string of the molecule is O=[N+]([O-])c1ccc(Oc2ccccc2/C=N\Nc2nc(Nc3ccccc3)nc(N3CCCC3)n2)c([N+](=O)[O-])c1. The van der Waals surface area contributed by atoms with E-state index in [1.54, 1.807) is 24.3 Å². The van der Waals surface area contributed by atoms with E-state index in [1.807, 2.05) is 30.3 Å². The van der Waals surface area contributed by atoms with Gasteiger partial charge in [0.1, 0.15) is 5.75 Å². The molecule has 0 saturated carbocycles. The molecular formula is C26H23N9O5. The summed E-state index contributed by atoms with van der Waals surface area (Å²) >= 11 is 0. The molecule has 3 aromatic carbocycles. The molecule has 0 unspecified atom stereocenters. The van der Waals surface area contributed by atoms with E-state index in [4.69, 9.17) is 4.74 Å². The molecule has 1 aliphatic heterocycles. The molecule has 0 atom stereocenters. The lowest BCUT2D eigenvalue weighted by molar-refractivity contribution is -0.394. The predicted octanol–water partition coefficient (Wildman–Crippen LogP) is 5.27. The van der Waals surface area contributed by atoms with Gasteiger partial charge in [-0.3, -0.25) is 20.2 Å². The molecule has 0 spiro atoms. The van der Waals surface area contributed by atoms with Crippen molar-refractivity contribution in [2.45, 2.75) is 12.8 Å². The van der Waals surface area contributed by atoms with Crippen LogP contribution in [0.3, 0.4) is 0 Å². The molecule has 2 heterocycles. The Morgan fingerprint density at radius 3 is 2.33 bits per heavy atom. The molecule has 0 aliphatic carbocycles. The normalized spacial score (nSPS) is 12.8. The first-order valence-electron chi connectivity index (χ1n) is 12.3. The summed E-state index contributed by atoms with van der Waals surface area (Å²) in [5, 5.41) is 30.0. The van der Waals surface area contributed by atoms with Gasteiger partial charge in [-0.15, -0.1) is 0 Å². The highest BCUT2D eigenvalue weighted by Crippen LogP contribution is 2.35. The summed E-state index contributed by atoms with van der Waals surface area (Å²) in [4.78, 5) is 36.7. The molecule has 1 aliphatic rings. The number of non-ortho nitro benzene ring substituents is 1. The predicted molar refractivity (Wildman–Crippen MR) is 148 cm³/mol. The van der Waals surface area contributed by atoms with Crippen molar-refractivity contribution in [3.05, 3.63) is 98.6 Å². The van der Waals surface area contributed by atoms with Crippen LogP contribution in [0, 0.1) is 20.2 Å². The van der Waals surface area contributed by atoms with Gasteiger partial charge in [0.25, 0.3) is 5.69 Å². The van der Waals surface area contributed by atoms with E-state index in [1.165, 1.54) is 12.3 Å². The Bertz CT molecular complexity index is 1560. The molecule has 4 aromatic rings. The number of nitrogens with zero attached hydrogens (tertiary/aromatic N) is 7. The molecule has 0 amide bonds. The number of hydrogen-bond donors (Lipinski definition) is 2. The molecule has 1 aromatic heterocycles. The van der Waals surface area contributed by atoms with E-state index in [0.717, 1.165) is 43.8 Å². The Labute approximate surface area is 227 Å². The van der Waals surface area contributed by atoms with Crippen molar-refractivity contribution in [3.63, 3.8) is 0 Å². The van der Waals surface area contributed by atoms with E-state index in [2.05, 4.69) is 35.7 Å². The average molecular weight is 542 g/mol. The van der Waals surface area contributed by atoms with Gasteiger partial charge in [-0.25, -0.2) is 5.43 Å². The van der Waals surface area contributed by atoms with Crippen molar-refractivity contribution in [2.24, 2.45) is 5.10 Å². The Morgan fingerprint density at radius 2 is 1.57 bits per heavy atom. The number of rotatable bonds is 10. The van der Waals surface area contributed by atoms with E-state index in [-0.39, 0.29) is 17.4 Å². The van der Waals surface area contributed by atoms with E-state index < -0.39 is 21.2 Å². The summed E-state index contributed by atoms with van der Waals surface area (Å²) < 4.78 is 5.77. The van der Waals surface area contributed by atoms with Gasteiger partial charge < -0.3 is 15.0 Å². The largest absolute Gasteiger partial charge is 0.449 e. The van der Waals surface area contributed by atoms with Gasteiger partial charge in [0.15, 0.2) is 0 Å². The van der Waals surface area contributed by atoms with Gasteiger partial charge in [0, 0.05) is 30.4 Å². The maximum atomic E-state index is 11.5. The van der Waals surface area contributed by atoms with Crippen LogP contribution < -0.4 is 20.4 Å². The summed E-state index contributed by atoms with van der Waals surface area (Å²) in [7, 11) is 0. The molecule has 0 radical (unpaired) electrons. The molecule has 14 heteroatoms. The van der Waals surface area contributed by atoms with Crippen molar-refractivity contribution < 1.29 is 14.6 Å². The van der Waals surface area contributed by atoms with E-state index in [0.29, 0.717) is 17.5 Å². The molecule has 202 valence electrons. The lowest BCUT2D eigenvalue weighted by Gasteiger charge is -2.16. The summed E-state index contributed by atoms with van der Waals surface area (Å²) in [6.45, 7) is 1.69. The number of aromatic nitrogens is 3. The maximum Gasteiger partial charge on any atom is 0.318 e. The summed E-state index contributed by atoms with van der Waals surface area (Å²) in [6, 6.07) is 19.4. The van der Waals surface area contributed by atoms with Gasteiger partial charge in [-0.2, -0.15) is 20.1 Å². The number of nitro benzene ring substituents is 2. The number of ether oxygens (including phenoxy) is 1. The summed E-state index contributed by atoms with van der Waals surface area (Å²) in [5.41, 5.74) is 3.19. The zero-order chi connectivity index (χ0) is 27.9. The Kier molecular flexibility index (Phi) is 7.67. The maximum absolute atomic E-state index is 11.5. The first kappa shape index (κ1) is 26.0. The molecule has 40 heavy (non-hydrogen) atoms. The first-order chi connectivity index (χ1) is 19.5. The highest BCUT2D eigenvalue weighted by molar-refractivity contribution is 5.84. The van der Waals surface area contributed by atoms with Crippen molar-refractivity contribution >= 4 is 41.1 Å². The van der Waals surface area contributed by atoms with E-state index >= 15 is 0 Å². The fourth-order valence-corrected chi connectivity index (χ4v) is 3.99. The lowest BCUT2D eigenvalue weighted by Crippen LogP contribution is -2.21. The smallest absolute Gasteiger partial charge is 0.318 e. The van der Waals surface area contributed by atoms with Crippen LogP contribution in [0.4, 0.5) is 34.9 Å².